The Morgan fingerprint density at radius 3 is 2.75 bits per heavy atom. The van der Waals surface area contributed by atoms with Crippen molar-refractivity contribution in [1.29, 1.82) is 0 Å². The number of aryl methyl sites for hydroxylation is 3. The Labute approximate surface area is 188 Å². The van der Waals surface area contributed by atoms with Gasteiger partial charge in [0.05, 0.1) is 23.1 Å². The molecule has 2 aromatic carbocycles. The molecular weight excluding hydrogens is 400 g/mol. The van der Waals surface area contributed by atoms with Crippen LogP contribution in [0.5, 0.6) is 5.75 Å². The summed E-state index contributed by atoms with van der Waals surface area (Å²) < 4.78 is 8.24. The Balaban J connectivity index is 1.37. The Morgan fingerprint density at radius 1 is 1.06 bits per heavy atom. The van der Waals surface area contributed by atoms with Crippen LogP contribution < -0.4 is 10.1 Å². The summed E-state index contributed by atoms with van der Waals surface area (Å²) in [4.78, 5) is 21.0. The number of nitrogens with one attached hydrogen (secondary N) is 1. The minimum Gasteiger partial charge on any atom is -0.492 e. The third kappa shape index (κ3) is 5.14. The SMILES string of the molecule is Cc1ccc(OCCn2c(CCCNC(=O)c3cccnc3)nc3ccccc32)cc1C. The highest BCUT2D eigenvalue weighted by Gasteiger charge is 2.11. The third-order valence-corrected chi connectivity index (χ3v) is 5.58. The molecule has 0 saturated carbocycles. The van der Waals surface area contributed by atoms with Crippen LogP contribution in [0.1, 0.15) is 33.7 Å². The zero-order valence-electron chi connectivity index (χ0n) is 18.5. The molecule has 4 aromatic rings. The first-order valence-corrected chi connectivity index (χ1v) is 10.9. The Morgan fingerprint density at radius 2 is 1.94 bits per heavy atom. The molecule has 0 aliphatic carbocycles. The number of carbonyl (C=O) groups excluding carboxylic acids is 1. The highest BCUT2D eigenvalue weighted by atomic mass is 16.5. The van der Waals surface area contributed by atoms with Gasteiger partial charge in [-0.3, -0.25) is 9.78 Å². The average Bonchev–Trinajstić information content (AvgIpc) is 3.17. The molecular formula is C26H28N4O2. The van der Waals surface area contributed by atoms with Crippen molar-refractivity contribution in [3.8, 4) is 5.75 Å². The van der Waals surface area contributed by atoms with Crippen LogP contribution in [0, 0.1) is 13.8 Å². The molecule has 6 heteroatoms. The van der Waals surface area contributed by atoms with Crippen molar-refractivity contribution < 1.29 is 9.53 Å². The maximum atomic E-state index is 12.2. The number of amides is 1. The average molecular weight is 429 g/mol. The van der Waals surface area contributed by atoms with Gasteiger partial charge in [0, 0.05) is 25.4 Å². The van der Waals surface area contributed by atoms with Crippen molar-refractivity contribution in [2.45, 2.75) is 33.2 Å². The molecule has 4 rings (SSSR count). The molecule has 2 aromatic heterocycles. The van der Waals surface area contributed by atoms with Crippen LogP contribution in [-0.4, -0.2) is 33.6 Å². The molecule has 0 fully saturated rings. The number of pyridine rings is 1. The molecule has 164 valence electrons. The van der Waals surface area contributed by atoms with Gasteiger partial charge in [0.15, 0.2) is 0 Å². The minimum absolute atomic E-state index is 0.103. The van der Waals surface area contributed by atoms with E-state index in [1.54, 1.807) is 24.5 Å². The van der Waals surface area contributed by atoms with Gasteiger partial charge in [-0.1, -0.05) is 18.2 Å². The van der Waals surface area contributed by atoms with Crippen molar-refractivity contribution in [3.05, 3.63) is 89.5 Å². The monoisotopic (exact) mass is 428 g/mol. The van der Waals surface area contributed by atoms with Gasteiger partial charge in [-0.25, -0.2) is 4.98 Å². The van der Waals surface area contributed by atoms with Gasteiger partial charge in [-0.05, 0) is 67.8 Å². The number of aromatic nitrogens is 3. The first-order chi connectivity index (χ1) is 15.6. The summed E-state index contributed by atoms with van der Waals surface area (Å²) in [6, 6.07) is 17.9. The largest absolute Gasteiger partial charge is 0.492 e. The van der Waals surface area contributed by atoms with Gasteiger partial charge in [0.25, 0.3) is 5.91 Å². The van der Waals surface area contributed by atoms with Crippen LogP contribution in [0.15, 0.2) is 67.0 Å². The molecule has 0 radical (unpaired) electrons. The van der Waals surface area contributed by atoms with Crippen molar-refractivity contribution in [2.24, 2.45) is 0 Å². The van der Waals surface area contributed by atoms with Crippen molar-refractivity contribution in [2.75, 3.05) is 13.2 Å². The maximum Gasteiger partial charge on any atom is 0.252 e. The van der Waals surface area contributed by atoms with Gasteiger partial charge in [-0.2, -0.15) is 0 Å². The molecule has 0 bridgehead atoms. The first kappa shape index (κ1) is 21.6. The fraction of sp³-hybridized carbons (Fsp3) is 0.269. The number of carbonyl (C=O) groups is 1. The van der Waals surface area contributed by atoms with E-state index in [9.17, 15) is 4.79 Å². The maximum absolute atomic E-state index is 12.2. The Kier molecular flexibility index (Phi) is 6.80. The number of hydrogen-bond donors (Lipinski definition) is 1. The molecule has 0 aliphatic heterocycles. The molecule has 1 N–H and O–H groups in total. The smallest absolute Gasteiger partial charge is 0.252 e. The van der Waals surface area contributed by atoms with Crippen LogP contribution in [0.4, 0.5) is 0 Å². The lowest BCUT2D eigenvalue weighted by Crippen LogP contribution is -2.25. The van der Waals surface area contributed by atoms with E-state index in [2.05, 4.69) is 46.9 Å². The lowest BCUT2D eigenvalue weighted by molar-refractivity contribution is 0.0952. The number of fused-ring (bicyclic) bond motifs is 1. The molecule has 0 spiro atoms. The molecule has 0 saturated heterocycles. The predicted octanol–water partition coefficient (Wildman–Crippen LogP) is 4.49. The van der Waals surface area contributed by atoms with E-state index in [1.165, 1.54) is 11.1 Å². The van der Waals surface area contributed by atoms with Crippen molar-refractivity contribution >= 4 is 16.9 Å². The van der Waals surface area contributed by atoms with Gasteiger partial charge in [-0.15, -0.1) is 0 Å². The highest BCUT2D eigenvalue weighted by molar-refractivity contribution is 5.93. The lowest BCUT2D eigenvalue weighted by atomic mass is 10.1. The normalized spacial score (nSPS) is 10.9. The van der Waals surface area contributed by atoms with Crippen LogP contribution in [0.2, 0.25) is 0 Å². The summed E-state index contributed by atoms with van der Waals surface area (Å²) in [5.41, 5.74) is 5.14. The quantitative estimate of drug-likeness (QED) is 0.399. The fourth-order valence-corrected chi connectivity index (χ4v) is 3.67. The van der Waals surface area contributed by atoms with E-state index in [0.717, 1.165) is 35.4 Å². The van der Waals surface area contributed by atoms with Crippen LogP contribution >= 0.6 is 0 Å². The zero-order chi connectivity index (χ0) is 22.3. The highest BCUT2D eigenvalue weighted by Crippen LogP contribution is 2.19. The summed E-state index contributed by atoms with van der Waals surface area (Å²) in [5.74, 6) is 1.79. The van der Waals surface area contributed by atoms with Gasteiger partial charge < -0.3 is 14.6 Å². The molecule has 0 atom stereocenters. The fourth-order valence-electron chi connectivity index (χ4n) is 3.67. The second-order valence-corrected chi connectivity index (χ2v) is 7.86. The van der Waals surface area contributed by atoms with E-state index < -0.39 is 0 Å². The predicted molar refractivity (Wildman–Crippen MR) is 126 cm³/mol. The number of ether oxygens (including phenoxy) is 1. The number of para-hydroxylation sites is 2. The van der Waals surface area contributed by atoms with Gasteiger partial charge in [0.2, 0.25) is 0 Å². The molecule has 32 heavy (non-hydrogen) atoms. The van der Waals surface area contributed by atoms with E-state index in [0.29, 0.717) is 25.3 Å². The molecule has 6 nitrogen and oxygen atoms in total. The number of benzene rings is 2. The van der Waals surface area contributed by atoms with Crippen molar-refractivity contribution in [1.82, 2.24) is 19.9 Å². The summed E-state index contributed by atoms with van der Waals surface area (Å²) >= 11 is 0. The zero-order valence-corrected chi connectivity index (χ0v) is 18.5. The Hall–Kier alpha value is -3.67. The minimum atomic E-state index is -0.103. The topological polar surface area (TPSA) is 69.0 Å². The first-order valence-electron chi connectivity index (χ1n) is 10.9. The van der Waals surface area contributed by atoms with Crippen molar-refractivity contribution in [3.63, 3.8) is 0 Å². The Bertz CT molecular complexity index is 1200. The number of imidazole rings is 1. The van der Waals surface area contributed by atoms with E-state index in [1.807, 2.05) is 24.3 Å². The molecule has 0 aliphatic rings. The molecule has 0 unspecified atom stereocenters. The molecule has 1 amide bonds. The second-order valence-electron chi connectivity index (χ2n) is 7.86. The van der Waals surface area contributed by atoms with Crippen LogP contribution in [0.3, 0.4) is 0 Å². The standard InChI is InChI=1S/C26H28N4O2/c1-19-11-12-22(17-20(19)2)32-16-15-30-24-9-4-3-8-23(24)29-25(30)10-6-14-28-26(31)21-7-5-13-27-18-21/h3-5,7-9,11-13,17-18H,6,10,14-16H2,1-2H3,(H,28,31). The number of rotatable bonds is 9. The summed E-state index contributed by atoms with van der Waals surface area (Å²) in [6.07, 6.45) is 4.80. The van der Waals surface area contributed by atoms with E-state index in [-0.39, 0.29) is 5.91 Å². The number of nitrogens with zero attached hydrogens (tertiary/aromatic N) is 3. The number of hydrogen-bond acceptors (Lipinski definition) is 4. The van der Waals surface area contributed by atoms with E-state index >= 15 is 0 Å². The summed E-state index contributed by atoms with van der Waals surface area (Å²) in [6.45, 7) is 6.05. The lowest BCUT2D eigenvalue weighted by Gasteiger charge is -2.12. The van der Waals surface area contributed by atoms with Gasteiger partial charge >= 0.3 is 0 Å². The van der Waals surface area contributed by atoms with E-state index in [4.69, 9.17) is 9.72 Å². The van der Waals surface area contributed by atoms with Crippen LogP contribution in [0.25, 0.3) is 11.0 Å². The van der Waals surface area contributed by atoms with Crippen LogP contribution in [-0.2, 0) is 13.0 Å². The third-order valence-electron chi connectivity index (χ3n) is 5.58. The van der Waals surface area contributed by atoms with Gasteiger partial charge in [0.1, 0.15) is 18.2 Å². The molecule has 2 heterocycles. The summed E-state index contributed by atoms with van der Waals surface area (Å²) in [5, 5.41) is 2.96. The summed E-state index contributed by atoms with van der Waals surface area (Å²) in [7, 11) is 0. The second kappa shape index (κ2) is 10.1.